The van der Waals surface area contributed by atoms with Crippen molar-refractivity contribution in [1.29, 1.82) is 0 Å². The van der Waals surface area contributed by atoms with Gasteiger partial charge >= 0.3 is 0 Å². The third-order valence-corrected chi connectivity index (χ3v) is 8.77. The molecule has 4 atom stereocenters. The van der Waals surface area contributed by atoms with Crippen molar-refractivity contribution in [2.75, 3.05) is 9.80 Å². The monoisotopic (exact) mass is 451 g/mol. The Balaban J connectivity index is 1.61. The van der Waals surface area contributed by atoms with E-state index in [1.54, 1.807) is 0 Å². The summed E-state index contributed by atoms with van der Waals surface area (Å²) in [6.07, 6.45) is 6.26. The Hall–Kier alpha value is -2.74. The van der Waals surface area contributed by atoms with Crippen molar-refractivity contribution in [2.45, 2.75) is 83.9 Å². The average molecular weight is 452 g/mol. The van der Waals surface area contributed by atoms with Gasteiger partial charge in [-0.05, 0) is 80.8 Å². The van der Waals surface area contributed by atoms with Gasteiger partial charge in [-0.3, -0.25) is 0 Å². The lowest BCUT2D eigenvalue weighted by Gasteiger charge is -2.37. The lowest BCUT2D eigenvalue weighted by molar-refractivity contribution is 0.279. The molecule has 0 N–H and O–H groups in total. The van der Waals surface area contributed by atoms with E-state index in [9.17, 15) is 1.37 Å². The van der Waals surface area contributed by atoms with Crippen molar-refractivity contribution in [2.24, 2.45) is 5.92 Å². The minimum Gasteiger partial charge on any atom is -0.342 e. The fourth-order valence-corrected chi connectivity index (χ4v) is 7.28. The standard InChI is InChI=1S/C32H38N2/c1-21-13-8-10-19-27(21)33-24(4)31-30(25-16-6-5-7-17-25)26-18-9-11-20-28(26)34(31)32(33)29-22(2)14-12-15-23(29)3/h8-15,18-20,24-25,30-32H,5-7,16-17H2,1-4H3/t24-,30?,31?,32?/m0/s1/i30D. The molecule has 176 valence electrons. The molecule has 2 aliphatic heterocycles. The number of rotatable bonds is 3. The Kier molecular flexibility index (Phi) is 5.14. The number of hydrogen-bond donors (Lipinski definition) is 0. The number of benzene rings is 3. The zero-order chi connectivity index (χ0) is 24.3. The fourth-order valence-electron chi connectivity index (χ4n) is 7.28. The second-order valence-corrected chi connectivity index (χ2v) is 10.8. The highest BCUT2D eigenvalue weighted by atomic mass is 15.5. The highest BCUT2D eigenvalue weighted by Gasteiger charge is 2.56. The van der Waals surface area contributed by atoms with Crippen LogP contribution in [0.15, 0.2) is 66.7 Å². The molecule has 2 heterocycles. The van der Waals surface area contributed by atoms with Crippen molar-refractivity contribution in [3.05, 3.63) is 94.5 Å². The van der Waals surface area contributed by atoms with E-state index in [4.69, 9.17) is 0 Å². The minimum absolute atomic E-state index is 0.0780. The quantitative estimate of drug-likeness (QED) is 0.397. The molecule has 6 rings (SSSR count). The molecule has 1 aliphatic carbocycles. The van der Waals surface area contributed by atoms with Crippen LogP contribution in [0.5, 0.6) is 0 Å². The summed E-state index contributed by atoms with van der Waals surface area (Å²) in [5, 5.41) is 0. The molecule has 0 spiro atoms. The van der Waals surface area contributed by atoms with Crippen LogP contribution < -0.4 is 9.80 Å². The van der Waals surface area contributed by atoms with Gasteiger partial charge in [0, 0.05) is 30.2 Å². The Bertz CT molecular complexity index is 1230. The summed E-state index contributed by atoms with van der Waals surface area (Å²) in [6, 6.07) is 24.7. The third kappa shape index (κ3) is 3.21. The van der Waals surface area contributed by atoms with Gasteiger partial charge in [-0.2, -0.15) is 0 Å². The number of anilines is 2. The SMILES string of the molecule is [2H]C1(C2CCCCC2)c2ccccc2N2C(c3c(C)cccc3C)N(c3ccccc3C)[C@@H](C)C21. The molecule has 0 aromatic heterocycles. The number of hydrogen-bond acceptors (Lipinski definition) is 2. The van der Waals surface area contributed by atoms with Crippen LogP contribution in [-0.4, -0.2) is 12.1 Å². The summed E-state index contributed by atoms with van der Waals surface area (Å²) in [5.41, 5.74) is 9.19. The van der Waals surface area contributed by atoms with Gasteiger partial charge in [0.2, 0.25) is 0 Å². The Morgan fingerprint density at radius 2 is 1.32 bits per heavy atom. The molecule has 3 aromatic carbocycles. The van der Waals surface area contributed by atoms with Crippen molar-refractivity contribution < 1.29 is 1.37 Å². The predicted molar refractivity (Wildman–Crippen MR) is 144 cm³/mol. The van der Waals surface area contributed by atoms with Gasteiger partial charge in [0.15, 0.2) is 0 Å². The molecule has 0 radical (unpaired) electrons. The molecule has 2 heteroatoms. The van der Waals surface area contributed by atoms with E-state index in [2.05, 4.69) is 104 Å². The second-order valence-electron chi connectivity index (χ2n) is 10.8. The molecule has 1 saturated carbocycles. The van der Waals surface area contributed by atoms with Crippen LogP contribution in [0.3, 0.4) is 0 Å². The van der Waals surface area contributed by atoms with Crippen molar-refractivity contribution in [3.63, 3.8) is 0 Å². The van der Waals surface area contributed by atoms with Crippen LogP contribution >= 0.6 is 0 Å². The maximum atomic E-state index is 10.3. The largest absolute Gasteiger partial charge is 0.342 e. The van der Waals surface area contributed by atoms with Gasteiger partial charge in [-0.1, -0.05) is 73.9 Å². The molecule has 3 unspecified atom stereocenters. The maximum Gasteiger partial charge on any atom is 0.129 e. The van der Waals surface area contributed by atoms with Crippen molar-refractivity contribution in [1.82, 2.24) is 0 Å². The van der Waals surface area contributed by atoms with E-state index < -0.39 is 5.89 Å². The number of para-hydroxylation sites is 2. The molecular weight excluding hydrogens is 412 g/mol. The van der Waals surface area contributed by atoms with E-state index in [1.165, 1.54) is 71.3 Å². The Labute approximate surface area is 207 Å². The fraction of sp³-hybridized carbons (Fsp3) is 0.438. The van der Waals surface area contributed by atoms with Gasteiger partial charge in [-0.15, -0.1) is 0 Å². The summed E-state index contributed by atoms with van der Waals surface area (Å²) in [4.78, 5) is 5.31. The van der Waals surface area contributed by atoms with E-state index in [1.807, 2.05) is 0 Å². The van der Waals surface area contributed by atoms with Crippen LogP contribution in [0.4, 0.5) is 11.4 Å². The Morgan fingerprint density at radius 3 is 2.03 bits per heavy atom. The number of fused-ring (bicyclic) bond motifs is 3. The number of nitrogens with zero attached hydrogens (tertiary/aromatic N) is 2. The smallest absolute Gasteiger partial charge is 0.129 e. The summed E-state index contributed by atoms with van der Waals surface area (Å²) in [5.74, 6) is -0.187. The van der Waals surface area contributed by atoms with E-state index in [0.717, 1.165) is 0 Å². The normalized spacial score (nSPS) is 29.2. The zero-order valence-corrected chi connectivity index (χ0v) is 21.1. The van der Waals surface area contributed by atoms with Gasteiger partial charge < -0.3 is 9.80 Å². The highest BCUT2D eigenvalue weighted by molar-refractivity contribution is 5.71. The van der Waals surface area contributed by atoms with Gasteiger partial charge in [-0.25, -0.2) is 0 Å². The van der Waals surface area contributed by atoms with Crippen molar-refractivity contribution in [3.8, 4) is 0 Å². The first-order chi connectivity index (χ1) is 16.9. The maximum absolute atomic E-state index is 10.3. The molecular formula is C32H38N2. The van der Waals surface area contributed by atoms with Gasteiger partial charge in [0.05, 0.1) is 6.04 Å². The summed E-state index contributed by atoms with van der Waals surface area (Å²) in [7, 11) is 0. The van der Waals surface area contributed by atoms with Crippen LogP contribution in [0, 0.1) is 26.7 Å². The van der Waals surface area contributed by atoms with Crippen molar-refractivity contribution >= 4 is 11.4 Å². The topological polar surface area (TPSA) is 6.48 Å². The van der Waals surface area contributed by atoms with Gasteiger partial charge in [0.25, 0.3) is 0 Å². The zero-order valence-electron chi connectivity index (χ0n) is 22.1. The van der Waals surface area contributed by atoms with E-state index in [0.29, 0.717) is 5.92 Å². The van der Waals surface area contributed by atoms with Crippen LogP contribution in [-0.2, 0) is 0 Å². The molecule has 2 nitrogen and oxygen atoms in total. The lowest BCUT2D eigenvalue weighted by atomic mass is 9.73. The summed E-state index contributed by atoms with van der Waals surface area (Å²) >= 11 is 0. The summed E-state index contributed by atoms with van der Waals surface area (Å²) in [6.45, 7) is 9.13. The van der Waals surface area contributed by atoms with E-state index in [-0.39, 0.29) is 18.2 Å². The first-order valence-corrected chi connectivity index (χ1v) is 13.2. The van der Waals surface area contributed by atoms with E-state index >= 15 is 0 Å². The van der Waals surface area contributed by atoms with Crippen LogP contribution in [0.25, 0.3) is 0 Å². The predicted octanol–water partition coefficient (Wildman–Crippen LogP) is 8.07. The van der Waals surface area contributed by atoms with Crippen LogP contribution in [0.1, 0.15) is 80.3 Å². The molecule has 34 heavy (non-hydrogen) atoms. The summed E-state index contributed by atoms with van der Waals surface area (Å²) < 4.78 is 10.3. The molecule has 0 bridgehead atoms. The minimum atomic E-state index is -0.595. The first kappa shape index (κ1) is 20.6. The third-order valence-electron chi connectivity index (χ3n) is 8.77. The Morgan fingerprint density at radius 1 is 0.706 bits per heavy atom. The molecule has 3 aliphatic rings. The lowest BCUT2D eigenvalue weighted by Crippen LogP contribution is -2.39. The van der Waals surface area contributed by atoms with Gasteiger partial charge in [0.1, 0.15) is 6.17 Å². The highest BCUT2D eigenvalue weighted by Crippen LogP contribution is 2.58. The molecule has 2 fully saturated rings. The average Bonchev–Trinajstić information content (AvgIpc) is 3.31. The molecule has 0 amide bonds. The number of aryl methyl sites for hydroxylation is 3. The molecule has 1 saturated heterocycles. The molecule has 3 aromatic rings. The first-order valence-electron chi connectivity index (χ1n) is 13.7. The second kappa shape index (κ2) is 8.48. The van der Waals surface area contributed by atoms with Crippen LogP contribution in [0.2, 0.25) is 0 Å².